The Labute approximate surface area is 116 Å². The van der Waals surface area contributed by atoms with Crippen LogP contribution in [0.1, 0.15) is 11.1 Å². The summed E-state index contributed by atoms with van der Waals surface area (Å²) in [6.07, 6.45) is 4.17. The minimum atomic E-state index is -1.02. The van der Waals surface area contributed by atoms with E-state index in [-0.39, 0.29) is 0 Å². The smallest absolute Gasteiger partial charge is 0.328 e. The molecule has 0 amide bonds. The first-order chi connectivity index (χ1) is 9.58. The highest BCUT2D eigenvalue weighted by Crippen LogP contribution is 2.15. The third kappa shape index (κ3) is 3.38. The van der Waals surface area contributed by atoms with Crippen LogP contribution in [-0.4, -0.2) is 28.0 Å². The Morgan fingerprint density at radius 2 is 2.15 bits per heavy atom. The first-order valence-electron chi connectivity index (χ1n) is 5.95. The van der Waals surface area contributed by atoms with Crippen molar-refractivity contribution in [3.05, 3.63) is 47.7 Å². The number of carboxylic acids is 1. The predicted octanol–water partition coefficient (Wildman–Crippen LogP) is 1.62. The Hall–Kier alpha value is -2.76. The van der Waals surface area contributed by atoms with Gasteiger partial charge in [-0.25, -0.2) is 4.79 Å². The molecule has 6 nitrogen and oxygen atoms in total. The summed E-state index contributed by atoms with van der Waals surface area (Å²) in [4.78, 5) is 10.5. The maximum absolute atomic E-state index is 10.5. The van der Waals surface area contributed by atoms with Crippen LogP contribution >= 0.6 is 0 Å². The number of nitrogen functional groups attached to an aromatic ring is 1. The Bertz CT molecular complexity index is 630. The largest absolute Gasteiger partial charge is 0.497 e. The summed E-state index contributed by atoms with van der Waals surface area (Å²) in [6.45, 7) is 0.551. The van der Waals surface area contributed by atoms with Crippen molar-refractivity contribution in [2.45, 2.75) is 6.54 Å². The van der Waals surface area contributed by atoms with Gasteiger partial charge in [0.2, 0.25) is 0 Å². The minimum absolute atomic E-state index is 0.302. The van der Waals surface area contributed by atoms with E-state index in [9.17, 15) is 4.79 Å². The normalized spacial score (nSPS) is 10.8. The fraction of sp³-hybridized carbons (Fsp3) is 0.143. The van der Waals surface area contributed by atoms with Crippen molar-refractivity contribution in [3.8, 4) is 5.75 Å². The predicted molar refractivity (Wildman–Crippen MR) is 75.4 cm³/mol. The summed E-state index contributed by atoms with van der Waals surface area (Å²) < 4.78 is 6.76. The molecule has 1 aromatic carbocycles. The lowest BCUT2D eigenvalue weighted by molar-refractivity contribution is -0.131. The van der Waals surface area contributed by atoms with Crippen LogP contribution in [0.5, 0.6) is 5.75 Å². The van der Waals surface area contributed by atoms with Gasteiger partial charge in [-0.2, -0.15) is 5.10 Å². The fourth-order valence-corrected chi connectivity index (χ4v) is 1.74. The maximum Gasteiger partial charge on any atom is 0.328 e. The van der Waals surface area contributed by atoms with Crippen molar-refractivity contribution in [1.29, 1.82) is 0 Å². The highest BCUT2D eigenvalue weighted by molar-refractivity contribution is 5.86. The number of nitrogens with two attached hydrogens (primary N) is 1. The molecule has 3 N–H and O–H groups in total. The number of rotatable bonds is 5. The summed E-state index contributed by atoms with van der Waals surface area (Å²) in [5, 5.41) is 12.7. The average molecular weight is 273 g/mol. The molecule has 0 aliphatic heterocycles. The van der Waals surface area contributed by atoms with E-state index >= 15 is 0 Å². The monoisotopic (exact) mass is 273 g/mol. The summed E-state index contributed by atoms with van der Waals surface area (Å²) >= 11 is 0. The van der Waals surface area contributed by atoms with Crippen LogP contribution < -0.4 is 10.5 Å². The number of aliphatic carboxylic acids is 1. The van der Waals surface area contributed by atoms with Gasteiger partial charge in [-0.1, -0.05) is 12.1 Å². The molecular formula is C14H15N3O3. The van der Waals surface area contributed by atoms with Crippen LogP contribution in [0.25, 0.3) is 6.08 Å². The zero-order valence-corrected chi connectivity index (χ0v) is 11.0. The second-order valence-corrected chi connectivity index (χ2v) is 4.19. The molecule has 2 rings (SSSR count). The van der Waals surface area contributed by atoms with E-state index in [4.69, 9.17) is 15.6 Å². The number of hydrogen-bond acceptors (Lipinski definition) is 4. The van der Waals surface area contributed by atoms with Crippen molar-refractivity contribution in [2.75, 3.05) is 12.8 Å². The van der Waals surface area contributed by atoms with Gasteiger partial charge in [0.05, 0.1) is 13.7 Å². The number of aromatic nitrogens is 2. The Balaban J connectivity index is 2.13. The lowest BCUT2D eigenvalue weighted by Crippen LogP contribution is -2.00. The number of nitrogens with zero attached hydrogens (tertiary/aromatic N) is 2. The first kappa shape index (κ1) is 13.7. The van der Waals surface area contributed by atoms with Crippen molar-refractivity contribution >= 4 is 17.9 Å². The molecule has 6 heteroatoms. The summed E-state index contributed by atoms with van der Waals surface area (Å²) in [5.74, 6) is 0.0714. The van der Waals surface area contributed by atoms with Crippen molar-refractivity contribution in [3.63, 3.8) is 0 Å². The Kier molecular flexibility index (Phi) is 4.05. The number of ether oxygens (including phenoxy) is 1. The molecule has 0 bridgehead atoms. The average Bonchev–Trinajstić information content (AvgIpc) is 2.77. The fourth-order valence-electron chi connectivity index (χ4n) is 1.74. The van der Waals surface area contributed by atoms with Gasteiger partial charge < -0.3 is 15.6 Å². The first-order valence-corrected chi connectivity index (χ1v) is 5.95. The zero-order chi connectivity index (χ0) is 14.5. The minimum Gasteiger partial charge on any atom is -0.497 e. The van der Waals surface area contributed by atoms with E-state index in [2.05, 4.69) is 5.10 Å². The molecule has 0 fully saturated rings. The van der Waals surface area contributed by atoms with Gasteiger partial charge in [0.25, 0.3) is 0 Å². The molecule has 0 aliphatic rings. The van der Waals surface area contributed by atoms with E-state index in [1.54, 1.807) is 18.0 Å². The highest BCUT2D eigenvalue weighted by Gasteiger charge is 2.04. The number of hydrogen-bond donors (Lipinski definition) is 2. The van der Waals surface area contributed by atoms with Gasteiger partial charge in [0.1, 0.15) is 5.75 Å². The van der Waals surface area contributed by atoms with E-state index in [1.807, 2.05) is 24.3 Å². The molecule has 1 heterocycles. The maximum atomic E-state index is 10.5. The van der Waals surface area contributed by atoms with E-state index in [1.165, 1.54) is 6.08 Å². The van der Waals surface area contributed by atoms with Crippen LogP contribution in [0.3, 0.4) is 0 Å². The second kappa shape index (κ2) is 5.92. The molecule has 0 radical (unpaired) electrons. The summed E-state index contributed by atoms with van der Waals surface area (Å²) in [5.41, 5.74) is 7.36. The van der Waals surface area contributed by atoms with Gasteiger partial charge in [-0.3, -0.25) is 4.68 Å². The SMILES string of the molecule is COc1ccc(Cn2cc(/C=C/C(=O)O)c(N)n2)cc1. The molecular weight excluding hydrogens is 258 g/mol. The number of carbonyl (C=O) groups is 1. The highest BCUT2D eigenvalue weighted by atomic mass is 16.5. The molecule has 1 aromatic heterocycles. The molecule has 0 unspecified atom stereocenters. The van der Waals surface area contributed by atoms with Crippen molar-refractivity contribution < 1.29 is 14.6 Å². The topological polar surface area (TPSA) is 90.4 Å². The van der Waals surface area contributed by atoms with Crippen LogP contribution in [0.15, 0.2) is 36.5 Å². The van der Waals surface area contributed by atoms with Gasteiger partial charge >= 0.3 is 5.97 Å². The molecule has 0 atom stereocenters. The van der Waals surface area contributed by atoms with E-state index < -0.39 is 5.97 Å². The van der Waals surface area contributed by atoms with Crippen molar-refractivity contribution in [2.24, 2.45) is 0 Å². The zero-order valence-electron chi connectivity index (χ0n) is 11.0. The van der Waals surface area contributed by atoms with Crippen LogP contribution in [0.2, 0.25) is 0 Å². The summed E-state index contributed by atoms with van der Waals surface area (Å²) in [7, 11) is 1.62. The summed E-state index contributed by atoms with van der Waals surface area (Å²) in [6, 6.07) is 7.60. The Morgan fingerprint density at radius 3 is 2.75 bits per heavy atom. The van der Waals surface area contributed by atoms with E-state index in [0.717, 1.165) is 17.4 Å². The number of carboxylic acid groups (broad SMARTS) is 1. The number of benzene rings is 1. The molecule has 0 spiro atoms. The van der Waals surface area contributed by atoms with Crippen LogP contribution in [0, 0.1) is 0 Å². The van der Waals surface area contributed by atoms with Gasteiger partial charge in [0, 0.05) is 17.8 Å². The lowest BCUT2D eigenvalue weighted by Gasteiger charge is -2.03. The molecule has 0 aliphatic carbocycles. The van der Waals surface area contributed by atoms with Crippen LogP contribution in [-0.2, 0) is 11.3 Å². The Morgan fingerprint density at radius 1 is 1.45 bits per heavy atom. The number of anilines is 1. The molecule has 0 saturated carbocycles. The quantitative estimate of drug-likeness (QED) is 0.808. The van der Waals surface area contributed by atoms with Gasteiger partial charge in [-0.15, -0.1) is 0 Å². The number of methoxy groups -OCH3 is 1. The van der Waals surface area contributed by atoms with E-state index in [0.29, 0.717) is 17.9 Å². The second-order valence-electron chi connectivity index (χ2n) is 4.19. The molecule has 104 valence electrons. The van der Waals surface area contributed by atoms with Crippen molar-refractivity contribution in [1.82, 2.24) is 9.78 Å². The standard InChI is InChI=1S/C14H15N3O3/c1-20-12-5-2-10(3-6-12)8-17-9-11(14(15)16-17)4-7-13(18)19/h2-7,9H,8H2,1H3,(H2,15,16)(H,18,19)/b7-4+. The van der Waals surface area contributed by atoms with Gasteiger partial charge in [-0.05, 0) is 23.8 Å². The van der Waals surface area contributed by atoms with Crippen LogP contribution in [0.4, 0.5) is 5.82 Å². The third-order valence-electron chi connectivity index (χ3n) is 2.73. The molecule has 0 saturated heterocycles. The molecule has 20 heavy (non-hydrogen) atoms. The lowest BCUT2D eigenvalue weighted by atomic mass is 10.2. The van der Waals surface area contributed by atoms with Gasteiger partial charge in [0.15, 0.2) is 5.82 Å². The molecule has 2 aromatic rings. The third-order valence-corrected chi connectivity index (χ3v) is 2.73.